The molecule has 1 aliphatic carbocycles. The average molecular weight is 336 g/mol. The molecule has 1 fully saturated rings. The van der Waals surface area contributed by atoms with Gasteiger partial charge in [-0.05, 0) is 43.0 Å². The minimum atomic E-state index is -4.12. The molecule has 0 unspecified atom stereocenters. The molecule has 1 saturated carbocycles. The van der Waals surface area contributed by atoms with Gasteiger partial charge in [0.25, 0.3) is 0 Å². The maximum Gasteiger partial charge on any atom is 0.243 e. The maximum absolute atomic E-state index is 13.7. The molecule has 6 nitrogen and oxygen atoms in total. The lowest BCUT2D eigenvalue weighted by atomic mass is 10.1. The second kappa shape index (κ2) is 5.31. The summed E-state index contributed by atoms with van der Waals surface area (Å²) in [6, 6.07) is 2.70. The van der Waals surface area contributed by atoms with Crippen molar-refractivity contribution in [3.05, 3.63) is 24.0 Å². The van der Waals surface area contributed by atoms with Crippen LogP contribution < -0.4 is 10.5 Å². The van der Waals surface area contributed by atoms with Gasteiger partial charge in [0.1, 0.15) is 10.7 Å². The molecule has 3 N–H and O–H groups in total. The van der Waals surface area contributed by atoms with Gasteiger partial charge in [-0.1, -0.05) is 0 Å². The maximum atomic E-state index is 13.7. The molecule has 0 bridgehead atoms. The number of rotatable bonds is 6. The Balaban J connectivity index is 2.31. The van der Waals surface area contributed by atoms with Crippen LogP contribution in [0.25, 0.3) is 0 Å². The molecule has 0 atom stereocenters. The van der Waals surface area contributed by atoms with Crippen LogP contribution in [0.5, 0.6) is 0 Å². The lowest BCUT2D eigenvalue weighted by Crippen LogP contribution is -2.34. The van der Waals surface area contributed by atoms with Crippen LogP contribution in [0.4, 0.5) is 4.39 Å². The number of benzene rings is 1. The molecule has 0 heterocycles. The van der Waals surface area contributed by atoms with Gasteiger partial charge in [-0.15, -0.1) is 0 Å². The fraction of sp³-hybridized carbons (Fsp3) is 0.500. The Kier molecular flexibility index (Phi) is 4.13. The lowest BCUT2D eigenvalue weighted by Gasteiger charge is -2.14. The quantitative estimate of drug-likeness (QED) is 0.724. The van der Waals surface area contributed by atoms with Crippen molar-refractivity contribution in [3.8, 4) is 0 Å². The standard InChI is InChI=1S/C12H17FN2O4S2/c1-20(16,17)9-2-3-10(13)11(6-9)21(18,19)15-8-12(7-14)4-5-12/h2-3,6,15H,4-5,7-8,14H2,1H3. The zero-order valence-electron chi connectivity index (χ0n) is 11.5. The molecule has 21 heavy (non-hydrogen) atoms. The summed E-state index contributed by atoms with van der Waals surface area (Å²) in [7, 11) is -7.74. The van der Waals surface area contributed by atoms with Crippen molar-refractivity contribution in [1.82, 2.24) is 4.72 Å². The van der Waals surface area contributed by atoms with E-state index in [0.29, 0.717) is 6.54 Å². The van der Waals surface area contributed by atoms with E-state index in [1.807, 2.05) is 0 Å². The number of sulfone groups is 1. The van der Waals surface area contributed by atoms with E-state index in [1.165, 1.54) is 0 Å². The Morgan fingerprint density at radius 2 is 1.90 bits per heavy atom. The molecular weight excluding hydrogens is 319 g/mol. The van der Waals surface area contributed by atoms with Gasteiger partial charge in [0.15, 0.2) is 9.84 Å². The van der Waals surface area contributed by atoms with Crippen molar-refractivity contribution in [2.45, 2.75) is 22.6 Å². The highest BCUT2D eigenvalue weighted by atomic mass is 32.2. The first-order valence-corrected chi connectivity index (χ1v) is 9.66. The first-order chi connectivity index (χ1) is 9.60. The van der Waals surface area contributed by atoms with Crippen molar-refractivity contribution in [1.29, 1.82) is 0 Å². The molecule has 0 spiro atoms. The van der Waals surface area contributed by atoms with Gasteiger partial charge in [0, 0.05) is 12.8 Å². The zero-order valence-corrected chi connectivity index (χ0v) is 13.1. The van der Waals surface area contributed by atoms with Crippen LogP contribution in [0.1, 0.15) is 12.8 Å². The van der Waals surface area contributed by atoms with Crippen LogP contribution in [0.2, 0.25) is 0 Å². The van der Waals surface area contributed by atoms with Gasteiger partial charge in [-0.2, -0.15) is 0 Å². The third kappa shape index (κ3) is 3.60. The van der Waals surface area contributed by atoms with Crippen molar-refractivity contribution >= 4 is 19.9 Å². The largest absolute Gasteiger partial charge is 0.330 e. The third-order valence-corrected chi connectivity index (χ3v) is 6.17. The van der Waals surface area contributed by atoms with E-state index < -0.39 is 30.6 Å². The van der Waals surface area contributed by atoms with E-state index in [2.05, 4.69) is 4.72 Å². The van der Waals surface area contributed by atoms with Crippen LogP contribution in [0, 0.1) is 11.2 Å². The monoisotopic (exact) mass is 336 g/mol. The summed E-state index contributed by atoms with van der Waals surface area (Å²) >= 11 is 0. The van der Waals surface area contributed by atoms with Crippen LogP contribution in [-0.2, 0) is 19.9 Å². The Bertz CT molecular complexity index is 755. The summed E-state index contributed by atoms with van der Waals surface area (Å²) in [4.78, 5) is -0.914. The predicted octanol–water partition coefficient (Wildman–Crippen LogP) is 0.246. The summed E-state index contributed by atoms with van der Waals surface area (Å²) in [5.74, 6) is -0.993. The van der Waals surface area contributed by atoms with E-state index in [0.717, 1.165) is 37.3 Å². The fourth-order valence-corrected chi connectivity index (χ4v) is 3.86. The van der Waals surface area contributed by atoms with Gasteiger partial charge in [0.2, 0.25) is 10.0 Å². The van der Waals surface area contributed by atoms with Gasteiger partial charge in [0.05, 0.1) is 4.90 Å². The summed E-state index contributed by atoms with van der Waals surface area (Å²) in [6.07, 6.45) is 2.56. The summed E-state index contributed by atoms with van der Waals surface area (Å²) < 4.78 is 63.2. The molecule has 0 saturated heterocycles. The van der Waals surface area contributed by atoms with Gasteiger partial charge < -0.3 is 5.73 Å². The Morgan fingerprint density at radius 3 is 2.38 bits per heavy atom. The number of nitrogens with one attached hydrogen (secondary N) is 1. The molecule has 0 radical (unpaired) electrons. The first-order valence-electron chi connectivity index (χ1n) is 6.29. The van der Waals surface area contributed by atoms with Crippen LogP contribution >= 0.6 is 0 Å². The molecule has 2 rings (SSSR count). The second-order valence-corrected chi connectivity index (χ2v) is 9.14. The Morgan fingerprint density at radius 1 is 1.29 bits per heavy atom. The molecule has 1 aromatic carbocycles. The number of hydrogen-bond donors (Lipinski definition) is 2. The highest BCUT2D eigenvalue weighted by Crippen LogP contribution is 2.43. The van der Waals surface area contributed by atoms with E-state index in [-0.39, 0.29) is 16.9 Å². The summed E-state index contributed by atoms with van der Waals surface area (Å²) in [5, 5.41) is 0. The lowest BCUT2D eigenvalue weighted by molar-refractivity contribution is 0.497. The topological polar surface area (TPSA) is 106 Å². The fourth-order valence-electron chi connectivity index (χ4n) is 1.88. The van der Waals surface area contributed by atoms with Crippen LogP contribution in [0.15, 0.2) is 28.0 Å². The normalized spacial score (nSPS) is 17.7. The summed E-state index contributed by atoms with van der Waals surface area (Å²) in [5.41, 5.74) is 5.31. The van der Waals surface area contributed by atoms with Gasteiger partial charge in [-0.25, -0.2) is 25.9 Å². The van der Waals surface area contributed by atoms with Crippen LogP contribution in [-0.4, -0.2) is 36.2 Å². The smallest absolute Gasteiger partial charge is 0.243 e. The number of hydrogen-bond acceptors (Lipinski definition) is 5. The van der Waals surface area contributed by atoms with Crippen molar-refractivity contribution < 1.29 is 21.2 Å². The molecule has 0 aliphatic heterocycles. The minimum Gasteiger partial charge on any atom is -0.330 e. The SMILES string of the molecule is CS(=O)(=O)c1ccc(F)c(S(=O)(=O)NCC2(CN)CC2)c1. The van der Waals surface area contributed by atoms with Crippen molar-refractivity contribution in [2.24, 2.45) is 11.1 Å². The van der Waals surface area contributed by atoms with E-state index in [9.17, 15) is 21.2 Å². The highest BCUT2D eigenvalue weighted by molar-refractivity contribution is 7.91. The minimum absolute atomic E-state index is 0.119. The van der Waals surface area contributed by atoms with E-state index in [1.54, 1.807) is 0 Å². The molecular formula is C12H17FN2O4S2. The third-order valence-electron chi connectivity index (χ3n) is 3.65. The van der Waals surface area contributed by atoms with Gasteiger partial charge in [-0.3, -0.25) is 0 Å². The van der Waals surface area contributed by atoms with Crippen molar-refractivity contribution in [3.63, 3.8) is 0 Å². The predicted molar refractivity (Wildman–Crippen MR) is 75.4 cm³/mol. The Hall–Kier alpha value is -1.03. The molecule has 0 amide bonds. The van der Waals surface area contributed by atoms with Crippen LogP contribution in [0.3, 0.4) is 0 Å². The van der Waals surface area contributed by atoms with Crippen molar-refractivity contribution in [2.75, 3.05) is 19.3 Å². The van der Waals surface area contributed by atoms with E-state index in [4.69, 9.17) is 5.73 Å². The highest BCUT2D eigenvalue weighted by Gasteiger charge is 2.42. The Labute approximate surface area is 123 Å². The summed E-state index contributed by atoms with van der Waals surface area (Å²) in [6.45, 7) is 0.468. The van der Waals surface area contributed by atoms with Gasteiger partial charge >= 0.3 is 0 Å². The molecule has 9 heteroatoms. The molecule has 1 aromatic rings. The molecule has 1 aliphatic rings. The first kappa shape index (κ1) is 16.3. The second-order valence-electron chi connectivity index (χ2n) is 5.39. The molecule has 118 valence electrons. The van der Waals surface area contributed by atoms with E-state index >= 15 is 0 Å². The number of sulfonamides is 1. The molecule has 0 aromatic heterocycles. The zero-order chi connectivity index (χ0) is 15.9. The number of nitrogens with two attached hydrogens (primary N) is 1. The average Bonchev–Trinajstić information content (AvgIpc) is 3.16. The number of halogens is 1.